The molecule has 0 heterocycles. The Labute approximate surface area is 160 Å². The molecule has 0 spiro atoms. The third kappa shape index (κ3) is 3.25. The maximum absolute atomic E-state index is 13.1. The second-order valence-corrected chi connectivity index (χ2v) is 10.5. The largest absolute Gasteiger partial charge is 0.495 e. The molecule has 4 saturated carbocycles. The number of carboxylic acid groups (broad SMARTS) is 1. The van der Waals surface area contributed by atoms with Crippen LogP contribution in [0.1, 0.15) is 55.8 Å². The SMILES string of the molecule is COc1ccc(C(=O)O)cc1S(=O)(=O)N[C@@H](C)C12CC3CC(CC(C3)C1)C2. The predicted molar refractivity (Wildman–Crippen MR) is 100 cm³/mol. The Morgan fingerprint density at radius 3 is 2.22 bits per heavy atom. The Balaban J connectivity index is 1.62. The molecule has 4 aliphatic carbocycles. The molecule has 0 radical (unpaired) electrons. The number of carbonyl (C=O) groups is 1. The number of hydrogen-bond donors (Lipinski definition) is 2. The minimum absolute atomic E-state index is 0.0272. The van der Waals surface area contributed by atoms with E-state index in [1.54, 1.807) is 0 Å². The predicted octanol–water partition coefficient (Wildman–Crippen LogP) is 3.28. The second kappa shape index (κ2) is 6.48. The average molecular weight is 394 g/mol. The van der Waals surface area contributed by atoms with E-state index in [9.17, 15) is 18.3 Å². The Morgan fingerprint density at radius 2 is 1.74 bits per heavy atom. The Bertz CT molecular complexity index is 828. The van der Waals surface area contributed by atoms with E-state index in [0.717, 1.165) is 37.0 Å². The van der Waals surface area contributed by atoms with Gasteiger partial charge in [-0.25, -0.2) is 17.9 Å². The summed E-state index contributed by atoms with van der Waals surface area (Å²) < 4.78 is 34.3. The zero-order valence-corrected chi connectivity index (χ0v) is 16.6. The molecule has 4 fully saturated rings. The summed E-state index contributed by atoms with van der Waals surface area (Å²) in [6, 6.07) is 3.74. The monoisotopic (exact) mass is 393 g/mol. The molecule has 27 heavy (non-hydrogen) atoms. The number of carboxylic acids is 1. The van der Waals surface area contributed by atoms with Gasteiger partial charge in [-0.05, 0) is 86.8 Å². The van der Waals surface area contributed by atoms with Crippen molar-refractivity contribution in [1.82, 2.24) is 4.72 Å². The van der Waals surface area contributed by atoms with Crippen molar-refractivity contribution >= 4 is 16.0 Å². The molecule has 1 aromatic carbocycles. The molecule has 2 N–H and O–H groups in total. The highest BCUT2D eigenvalue weighted by molar-refractivity contribution is 7.89. The fourth-order valence-electron chi connectivity index (χ4n) is 6.15. The Morgan fingerprint density at radius 1 is 1.19 bits per heavy atom. The van der Waals surface area contributed by atoms with E-state index in [1.165, 1.54) is 44.6 Å². The van der Waals surface area contributed by atoms with Crippen LogP contribution in [0.4, 0.5) is 0 Å². The zero-order chi connectivity index (χ0) is 19.4. The highest BCUT2D eigenvalue weighted by atomic mass is 32.2. The molecule has 7 heteroatoms. The number of rotatable bonds is 6. The summed E-state index contributed by atoms with van der Waals surface area (Å²) in [5.74, 6) is 1.18. The van der Waals surface area contributed by atoms with Gasteiger partial charge in [0.25, 0.3) is 0 Å². The molecule has 5 rings (SSSR count). The van der Waals surface area contributed by atoms with Crippen LogP contribution in [-0.4, -0.2) is 32.6 Å². The summed E-state index contributed by atoms with van der Waals surface area (Å²) in [6.45, 7) is 1.97. The van der Waals surface area contributed by atoms with E-state index < -0.39 is 16.0 Å². The van der Waals surface area contributed by atoms with Gasteiger partial charge in [0.2, 0.25) is 10.0 Å². The van der Waals surface area contributed by atoms with Crippen LogP contribution >= 0.6 is 0 Å². The van der Waals surface area contributed by atoms with Crippen LogP contribution < -0.4 is 9.46 Å². The van der Waals surface area contributed by atoms with E-state index in [0.29, 0.717) is 0 Å². The number of ether oxygens (including phenoxy) is 1. The summed E-state index contributed by atoms with van der Waals surface area (Å²) >= 11 is 0. The van der Waals surface area contributed by atoms with E-state index in [4.69, 9.17) is 4.74 Å². The van der Waals surface area contributed by atoms with Gasteiger partial charge in [-0.15, -0.1) is 0 Å². The first-order chi connectivity index (χ1) is 12.7. The van der Waals surface area contributed by atoms with E-state index in [-0.39, 0.29) is 27.7 Å². The zero-order valence-electron chi connectivity index (χ0n) is 15.8. The maximum atomic E-state index is 13.1. The van der Waals surface area contributed by atoms with Crippen LogP contribution in [0.5, 0.6) is 5.75 Å². The van der Waals surface area contributed by atoms with Crippen molar-refractivity contribution in [3.63, 3.8) is 0 Å². The molecule has 0 aliphatic heterocycles. The molecule has 0 unspecified atom stereocenters. The molecular formula is C20H27NO5S. The number of nitrogens with one attached hydrogen (secondary N) is 1. The third-order valence-electron chi connectivity index (χ3n) is 7.04. The summed E-state index contributed by atoms with van der Waals surface area (Å²) in [4.78, 5) is 11.2. The molecule has 1 atom stereocenters. The molecule has 1 aromatic rings. The van der Waals surface area contributed by atoms with Crippen LogP contribution in [0.25, 0.3) is 0 Å². The fourth-order valence-corrected chi connectivity index (χ4v) is 7.69. The topological polar surface area (TPSA) is 92.7 Å². The van der Waals surface area contributed by atoms with Crippen molar-refractivity contribution < 1.29 is 23.1 Å². The summed E-state index contributed by atoms with van der Waals surface area (Å²) in [5, 5.41) is 9.22. The van der Waals surface area contributed by atoms with Crippen molar-refractivity contribution in [1.29, 1.82) is 0 Å². The normalized spacial score (nSPS) is 33.0. The lowest BCUT2D eigenvalue weighted by Gasteiger charge is -2.59. The van der Waals surface area contributed by atoms with Gasteiger partial charge < -0.3 is 9.84 Å². The van der Waals surface area contributed by atoms with Crippen LogP contribution in [0, 0.1) is 23.2 Å². The first kappa shape index (κ1) is 18.7. The number of aromatic carboxylic acids is 1. The van der Waals surface area contributed by atoms with Gasteiger partial charge in [0.15, 0.2) is 0 Å². The average Bonchev–Trinajstić information content (AvgIpc) is 2.59. The summed E-state index contributed by atoms with van der Waals surface area (Å²) in [5.41, 5.74) is -0.0435. The van der Waals surface area contributed by atoms with Crippen molar-refractivity contribution in [2.45, 2.75) is 56.4 Å². The molecule has 0 saturated heterocycles. The first-order valence-corrected chi connectivity index (χ1v) is 11.1. The van der Waals surface area contributed by atoms with Gasteiger partial charge in [-0.3, -0.25) is 0 Å². The number of hydrogen-bond acceptors (Lipinski definition) is 4. The van der Waals surface area contributed by atoms with Gasteiger partial charge in [-0.1, -0.05) is 0 Å². The maximum Gasteiger partial charge on any atom is 0.335 e. The van der Waals surface area contributed by atoms with Gasteiger partial charge in [-0.2, -0.15) is 0 Å². The highest BCUT2D eigenvalue weighted by Gasteiger charge is 2.53. The molecule has 0 amide bonds. The lowest BCUT2D eigenvalue weighted by atomic mass is 9.48. The minimum atomic E-state index is -3.89. The van der Waals surface area contributed by atoms with Gasteiger partial charge >= 0.3 is 5.97 Å². The molecule has 148 valence electrons. The number of methoxy groups -OCH3 is 1. The van der Waals surface area contributed by atoms with Gasteiger partial charge in [0.1, 0.15) is 10.6 Å². The molecule has 6 nitrogen and oxygen atoms in total. The van der Waals surface area contributed by atoms with Crippen molar-refractivity contribution in [2.24, 2.45) is 23.2 Å². The minimum Gasteiger partial charge on any atom is -0.495 e. The molecule has 0 aromatic heterocycles. The third-order valence-corrected chi connectivity index (χ3v) is 8.60. The second-order valence-electron chi connectivity index (χ2n) is 8.79. The van der Waals surface area contributed by atoms with Gasteiger partial charge in [0, 0.05) is 6.04 Å². The van der Waals surface area contributed by atoms with Crippen molar-refractivity contribution in [3.8, 4) is 5.75 Å². The quantitative estimate of drug-likeness (QED) is 0.774. The van der Waals surface area contributed by atoms with Crippen LogP contribution in [-0.2, 0) is 10.0 Å². The molecule has 4 aliphatic rings. The van der Waals surface area contributed by atoms with E-state index >= 15 is 0 Å². The van der Waals surface area contributed by atoms with E-state index in [2.05, 4.69) is 4.72 Å². The van der Waals surface area contributed by atoms with E-state index in [1.807, 2.05) is 6.92 Å². The van der Waals surface area contributed by atoms with Crippen LogP contribution in [0.2, 0.25) is 0 Å². The fraction of sp³-hybridized carbons (Fsp3) is 0.650. The molecule has 4 bridgehead atoms. The number of benzene rings is 1. The molecular weight excluding hydrogens is 366 g/mol. The lowest BCUT2D eigenvalue weighted by Crippen LogP contribution is -2.55. The van der Waals surface area contributed by atoms with Gasteiger partial charge in [0.05, 0.1) is 12.7 Å². The summed E-state index contributed by atoms with van der Waals surface area (Å²) in [7, 11) is -2.50. The Hall–Kier alpha value is -1.60. The van der Waals surface area contributed by atoms with Crippen LogP contribution in [0.15, 0.2) is 23.1 Å². The number of sulfonamides is 1. The first-order valence-electron chi connectivity index (χ1n) is 9.66. The van der Waals surface area contributed by atoms with Crippen molar-refractivity contribution in [2.75, 3.05) is 7.11 Å². The van der Waals surface area contributed by atoms with Crippen LogP contribution in [0.3, 0.4) is 0 Å². The lowest BCUT2D eigenvalue weighted by molar-refractivity contribution is -0.0666. The standard InChI is InChI=1S/C20H27NO5S/c1-12(20-9-13-5-14(10-20)7-15(6-13)11-20)21-27(24,25)18-8-16(19(22)23)3-4-17(18)26-2/h3-4,8,12-15,21H,5-7,9-11H2,1-2H3,(H,22,23)/t12-,13?,14?,15?,20?/m0/s1. The smallest absolute Gasteiger partial charge is 0.335 e. The highest BCUT2D eigenvalue weighted by Crippen LogP contribution is 2.61. The Kier molecular flexibility index (Phi) is 4.50. The van der Waals surface area contributed by atoms with Crippen molar-refractivity contribution in [3.05, 3.63) is 23.8 Å². The summed E-state index contributed by atoms with van der Waals surface area (Å²) in [6.07, 6.45) is 7.17.